The second-order valence-electron chi connectivity index (χ2n) is 23.1. The third kappa shape index (κ3) is 32.3. The van der Waals surface area contributed by atoms with E-state index in [2.05, 4.69) is 74.4 Å². The molecule has 0 fully saturated rings. The number of benzene rings is 3. The zero-order chi connectivity index (χ0) is 74.3. The number of amides is 13. The van der Waals surface area contributed by atoms with Crippen molar-refractivity contribution in [3.8, 4) is 5.75 Å². The molecule has 3 aromatic carbocycles. The van der Waals surface area contributed by atoms with Crippen LogP contribution in [-0.2, 0) is 81.6 Å². The second kappa shape index (κ2) is 44.7. The number of guanidine groups is 2. The van der Waals surface area contributed by atoms with Crippen molar-refractivity contribution in [3.63, 3.8) is 0 Å². The Balaban J connectivity index is 1.74. The summed E-state index contributed by atoms with van der Waals surface area (Å²) < 4.78 is 0. The van der Waals surface area contributed by atoms with Crippen LogP contribution in [0.4, 0.5) is 0 Å². The first-order valence-electron chi connectivity index (χ1n) is 32.0. The fourth-order valence-electron chi connectivity index (χ4n) is 9.49. The van der Waals surface area contributed by atoms with E-state index < -0.39 is 176 Å². The molecule has 0 saturated carbocycles. The van der Waals surface area contributed by atoms with Crippen LogP contribution >= 0.6 is 0 Å². The van der Waals surface area contributed by atoms with Crippen LogP contribution in [0.2, 0.25) is 0 Å². The molecule has 3 rings (SSSR count). The molecule has 29 N–H and O–H groups in total. The Morgan fingerprint density at radius 2 is 0.800 bits per heavy atom. The Bertz CT molecular complexity index is 3240. The van der Waals surface area contributed by atoms with Gasteiger partial charge in [0.1, 0.15) is 60.1 Å². The molecular weight excluding hydrogens is 1310 g/mol. The zero-order valence-corrected chi connectivity index (χ0v) is 55.6. The van der Waals surface area contributed by atoms with E-state index in [1.807, 2.05) is 0 Å². The van der Waals surface area contributed by atoms with E-state index in [9.17, 15) is 77.6 Å². The lowest BCUT2D eigenvalue weighted by molar-refractivity contribution is -0.135. The van der Waals surface area contributed by atoms with Crippen LogP contribution in [0.1, 0.15) is 75.0 Å². The molecule has 0 aliphatic rings. The number of aliphatic hydroxyl groups is 2. The van der Waals surface area contributed by atoms with Crippen molar-refractivity contribution >= 4 is 88.7 Å². The van der Waals surface area contributed by atoms with Gasteiger partial charge >= 0.3 is 0 Å². The van der Waals surface area contributed by atoms with Crippen molar-refractivity contribution < 1.29 is 77.6 Å². The van der Waals surface area contributed by atoms with Crippen LogP contribution < -0.4 is 103 Å². The molecule has 0 radical (unpaired) electrons. The van der Waals surface area contributed by atoms with Gasteiger partial charge < -0.3 is 118 Å². The summed E-state index contributed by atoms with van der Waals surface area (Å²) in [6.07, 6.45) is -1.70. The minimum Gasteiger partial charge on any atom is -0.508 e. The van der Waals surface area contributed by atoms with E-state index >= 15 is 0 Å². The quantitative estimate of drug-likeness (QED) is 0.0142. The van der Waals surface area contributed by atoms with Gasteiger partial charge in [-0.1, -0.05) is 72.8 Å². The fourth-order valence-corrected chi connectivity index (χ4v) is 9.49. The molecule has 0 spiro atoms. The molecule has 0 aliphatic heterocycles. The third-order valence-electron chi connectivity index (χ3n) is 14.9. The van der Waals surface area contributed by atoms with Crippen LogP contribution in [0.3, 0.4) is 0 Å². The Morgan fingerprint density at radius 1 is 0.430 bits per heavy atom. The molecule has 37 heteroatoms. The summed E-state index contributed by atoms with van der Waals surface area (Å²) in [5, 5.41) is 79.5. The standard InChI is InChI=1S/C63H95N21O16/c1-35(86)52(66)61(100)84-45(28-37-15-7-4-8-16-37)59(98)82-44(27-36-13-5-3-6-14-36)58(97)81-43(29-38-20-22-39(87)23-21-38)55(94)75-31-49(89)74-32-50(90)78-47(34-85)60(99)79-40(18-11-25-72-62(67)68)54(93)76-33-51(91)77-41(17-9-10-24-64)56(95)80-42(19-12-26-73-63(69)70)57(96)83-46(30-48(65)88)53(92)71-2/h3-8,13-16,20-23,35,40-47,52,85-87H,9-12,17-19,24-34,64,66H2,1-2H3,(H2,65,88)(H,71,92)(H,74,89)(H,75,94)(H,76,93)(H,77,91)(H,78,90)(H,79,99)(H,80,95)(H,81,97)(H,82,98)(H,83,96)(H,84,100)(H4,67,68,72)(H4,69,70,73). The average molecular weight is 1400 g/mol. The first-order valence-corrected chi connectivity index (χ1v) is 32.0. The summed E-state index contributed by atoms with van der Waals surface area (Å²) in [6, 6.07) is 9.72. The number of unbranched alkanes of at least 4 members (excludes halogenated alkanes) is 1. The number of nitrogens with one attached hydrogen (secondary N) is 16. The van der Waals surface area contributed by atoms with Crippen molar-refractivity contribution in [2.75, 3.05) is 52.9 Å². The third-order valence-corrected chi connectivity index (χ3v) is 14.9. The predicted molar refractivity (Wildman–Crippen MR) is 362 cm³/mol. The van der Waals surface area contributed by atoms with Crippen molar-refractivity contribution in [3.05, 3.63) is 102 Å². The van der Waals surface area contributed by atoms with Gasteiger partial charge in [0.15, 0.2) is 11.9 Å². The summed E-state index contributed by atoms with van der Waals surface area (Å²) in [5.74, 6) is -12.9. The highest BCUT2D eigenvalue weighted by Crippen LogP contribution is 2.14. The van der Waals surface area contributed by atoms with Crippen LogP contribution in [0.5, 0.6) is 5.75 Å². The maximum Gasteiger partial charge on any atom is 0.245 e. The van der Waals surface area contributed by atoms with Crippen molar-refractivity contribution in [1.29, 1.82) is 10.8 Å². The number of hydrogen-bond donors (Lipinski definition) is 24. The number of nitrogens with two attached hydrogens (primary N) is 5. The molecule has 37 nitrogen and oxygen atoms in total. The number of likely N-dealkylation sites (N-methyl/N-ethyl adjacent to an activating group) is 1. The Morgan fingerprint density at radius 3 is 1.25 bits per heavy atom. The van der Waals surface area contributed by atoms with Gasteiger partial charge in [0, 0.05) is 39.4 Å². The maximum absolute atomic E-state index is 14.4. The molecule has 0 bridgehead atoms. The van der Waals surface area contributed by atoms with Crippen LogP contribution in [-0.4, -0.2) is 217 Å². The lowest BCUT2D eigenvalue weighted by Gasteiger charge is -2.26. The number of carbonyl (C=O) groups is 13. The molecule has 100 heavy (non-hydrogen) atoms. The predicted octanol–water partition coefficient (Wildman–Crippen LogP) is -8.38. The van der Waals surface area contributed by atoms with Crippen LogP contribution in [0.15, 0.2) is 84.9 Å². The number of phenols is 1. The summed E-state index contributed by atoms with van der Waals surface area (Å²) in [6.45, 7) is -1.88. The normalized spacial score (nSPS) is 13.8. The molecule has 548 valence electrons. The fraction of sp³-hybridized carbons (Fsp3) is 0.476. The van der Waals surface area contributed by atoms with Gasteiger partial charge in [-0.3, -0.25) is 73.1 Å². The monoisotopic (exact) mass is 1400 g/mol. The number of carbonyl (C=O) groups excluding carboxylic acids is 13. The number of rotatable bonds is 45. The summed E-state index contributed by atoms with van der Waals surface area (Å²) >= 11 is 0. The van der Waals surface area contributed by atoms with E-state index in [-0.39, 0.29) is 89.1 Å². The van der Waals surface area contributed by atoms with E-state index in [4.69, 9.17) is 39.5 Å². The molecule has 0 aliphatic carbocycles. The van der Waals surface area contributed by atoms with E-state index in [1.54, 1.807) is 60.7 Å². The number of aromatic hydroxyl groups is 1. The smallest absolute Gasteiger partial charge is 0.245 e. The molecule has 0 saturated heterocycles. The van der Waals surface area contributed by atoms with E-state index in [1.165, 1.54) is 38.2 Å². The molecule has 0 aromatic heterocycles. The lowest BCUT2D eigenvalue weighted by atomic mass is 10.0. The van der Waals surface area contributed by atoms with Gasteiger partial charge in [0.2, 0.25) is 76.8 Å². The second-order valence-corrected chi connectivity index (χ2v) is 23.1. The topological polar surface area (TPSA) is 629 Å². The molecule has 3 aromatic rings. The van der Waals surface area contributed by atoms with Gasteiger partial charge in [-0.2, -0.15) is 0 Å². The first kappa shape index (κ1) is 83.2. The summed E-state index contributed by atoms with van der Waals surface area (Å²) in [4.78, 5) is 175. The highest BCUT2D eigenvalue weighted by atomic mass is 16.3. The Hall–Kier alpha value is -11.1. The number of primary amides is 1. The zero-order valence-electron chi connectivity index (χ0n) is 55.6. The highest BCUT2D eigenvalue weighted by Gasteiger charge is 2.34. The highest BCUT2D eigenvalue weighted by molar-refractivity contribution is 5.99. The minimum absolute atomic E-state index is 0.0187. The number of phenolic OH excluding ortho intramolecular Hbond substituents is 1. The van der Waals surface area contributed by atoms with Gasteiger partial charge in [-0.15, -0.1) is 0 Å². The largest absolute Gasteiger partial charge is 0.508 e. The van der Waals surface area contributed by atoms with Crippen molar-refractivity contribution in [2.45, 2.75) is 138 Å². The van der Waals surface area contributed by atoms with Crippen molar-refractivity contribution in [2.24, 2.45) is 28.7 Å². The lowest BCUT2D eigenvalue weighted by Crippen LogP contribution is -2.59. The average Bonchev–Trinajstić information content (AvgIpc) is 0.858. The van der Waals surface area contributed by atoms with Crippen LogP contribution in [0.25, 0.3) is 0 Å². The number of aliphatic hydroxyl groups excluding tert-OH is 2. The molecule has 10 unspecified atom stereocenters. The molecule has 13 amide bonds. The van der Waals surface area contributed by atoms with E-state index in [0.29, 0.717) is 23.1 Å². The van der Waals surface area contributed by atoms with Crippen molar-refractivity contribution in [1.82, 2.24) is 74.4 Å². The summed E-state index contributed by atoms with van der Waals surface area (Å²) in [5.41, 5.74) is 29.3. The molecule has 0 heterocycles. The SMILES string of the molecule is CNC(=O)C(CC(N)=O)NC(=O)C(CCCNC(=N)N)NC(=O)C(CCCCN)NC(=O)CNC(=O)C(CCCNC(=N)N)NC(=O)C(CO)NC(=O)CNC(=O)CNC(=O)C(Cc1ccc(O)cc1)NC(=O)C(Cc1ccccc1)NC(=O)C(Cc1ccccc1)NC(=O)C(N)C(C)O. The van der Waals surface area contributed by atoms with Gasteiger partial charge in [-0.05, 0) is 87.2 Å². The Kier molecular flexibility index (Phi) is 37.2. The first-order chi connectivity index (χ1) is 47.5. The maximum atomic E-state index is 14.4. The van der Waals surface area contributed by atoms with Gasteiger partial charge in [0.25, 0.3) is 0 Å². The summed E-state index contributed by atoms with van der Waals surface area (Å²) in [7, 11) is 1.26. The Labute approximate surface area is 576 Å². The van der Waals surface area contributed by atoms with Crippen LogP contribution in [0, 0.1) is 10.8 Å². The molecular formula is C63H95N21O16. The number of hydrogen-bond acceptors (Lipinski definition) is 20. The molecule has 10 atom stereocenters. The van der Waals surface area contributed by atoms with Gasteiger partial charge in [-0.25, -0.2) is 0 Å². The van der Waals surface area contributed by atoms with E-state index in [0.717, 1.165) is 0 Å². The van der Waals surface area contributed by atoms with Gasteiger partial charge in [0.05, 0.1) is 38.8 Å². The minimum atomic E-state index is -1.76.